The summed E-state index contributed by atoms with van der Waals surface area (Å²) in [6.07, 6.45) is 0.130. The molecule has 96 valence electrons. The molecule has 0 saturated heterocycles. The molecular weight excluding hydrogens is 228 g/mol. The Kier molecular flexibility index (Phi) is 3.99. The van der Waals surface area contributed by atoms with Gasteiger partial charge in [-0.2, -0.15) is 0 Å². The summed E-state index contributed by atoms with van der Waals surface area (Å²) in [6, 6.07) is 9.75. The van der Waals surface area contributed by atoms with E-state index in [0.717, 1.165) is 22.8 Å². The zero-order valence-electron chi connectivity index (χ0n) is 10.9. The van der Waals surface area contributed by atoms with Gasteiger partial charge in [-0.05, 0) is 33.0 Å². The summed E-state index contributed by atoms with van der Waals surface area (Å²) < 4.78 is 11.1. The van der Waals surface area contributed by atoms with Gasteiger partial charge in [0.25, 0.3) is 0 Å². The Labute approximate surface area is 107 Å². The molecule has 4 nitrogen and oxygen atoms in total. The smallest absolute Gasteiger partial charge is 0.170 e. The van der Waals surface area contributed by atoms with Crippen molar-refractivity contribution in [2.24, 2.45) is 0 Å². The summed E-state index contributed by atoms with van der Waals surface area (Å²) in [7, 11) is 1.88. The van der Waals surface area contributed by atoms with Gasteiger partial charge >= 0.3 is 0 Å². The molecule has 0 aliphatic carbocycles. The van der Waals surface area contributed by atoms with Crippen LogP contribution in [0.4, 0.5) is 0 Å². The number of benzene rings is 1. The fourth-order valence-electron chi connectivity index (χ4n) is 1.73. The molecule has 18 heavy (non-hydrogen) atoms. The molecule has 2 aromatic rings. The SMILES string of the molecule is CNCc1cc(-c2ccccc2OC(C)C)on1. The average Bonchev–Trinajstić information content (AvgIpc) is 2.78. The molecule has 1 aromatic heterocycles. The molecular formula is C14H18N2O2. The maximum absolute atomic E-state index is 5.77. The van der Waals surface area contributed by atoms with Crippen LogP contribution in [0.15, 0.2) is 34.9 Å². The molecule has 2 rings (SSSR count). The topological polar surface area (TPSA) is 47.3 Å². The van der Waals surface area contributed by atoms with Crippen molar-refractivity contribution in [3.63, 3.8) is 0 Å². The zero-order chi connectivity index (χ0) is 13.0. The first-order valence-electron chi connectivity index (χ1n) is 6.07. The van der Waals surface area contributed by atoms with E-state index in [0.29, 0.717) is 6.54 Å². The van der Waals surface area contributed by atoms with Crippen molar-refractivity contribution in [2.75, 3.05) is 7.05 Å². The van der Waals surface area contributed by atoms with E-state index >= 15 is 0 Å². The maximum Gasteiger partial charge on any atom is 0.170 e. The highest BCUT2D eigenvalue weighted by Gasteiger charge is 2.12. The van der Waals surface area contributed by atoms with Gasteiger partial charge in [0.05, 0.1) is 17.4 Å². The highest BCUT2D eigenvalue weighted by Crippen LogP contribution is 2.30. The predicted molar refractivity (Wildman–Crippen MR) is 70.5 cm³/mol. The largest absolute Gasteiger partial charge is 0.490 e. The number of nitrogens with zero attached hydrogens (tertiary/aromatic N) is 1. The summed E-state index contributed by atoms with van der Waals surface area (Å²) in [5.41, 5.74) is 1.81. The number of hydrogen-bond donors (Lipinski definition) is 1. The van der Waals surface area contributed by atoms with Crippen LogP contribution < -0.4 is 10.1 Å². The highest BCUT2D eigenvalue weighted by molar-refractivity contribution is 5.65. The average molecular weight is 246 g/mol. The molecule has 0 bridgehead atoms. The number of rotatable bonds is 5. The van der Waals surface area contributed by atoms with Gasteiger partial charge in [0.2, 0.25) is 0 Å². The van der Waals surface area contributed by atoms with E-state index < -0.39 is 0 Å². The molecule has 0 radical (unpaired) electrons. The van der Waals surface area contributed by atoms with Crippen LogP contribution in [-0.4, -0.2) is 18.3 Å². The summed E-state index contributed by atoms with van der Waals surface area (Å²) in [5, 5.41) is 7.05. The molecule has 0 unspecified atom stereocenters. The van der Waals surface area contributed by atoms with Crippen LogP contribution >= 0.6 is 0 Å². The van der Waals surface area contributed by atoms with Gasteiger partial charge in [-0.3, -0.25) is 0 Å². The molecule has 4 heteroatoms. The monoisotopic (exact) mass is 246 g/mol. The van der Waals surface area contributed by atoms with E-state index in [9.17, 15) is 0 Å². The number of nitrogens with one attached hydrogen (secondary N) is 1. The second kappa shape index (κ2) is 5.69. The first-order chi connectivity index (χ1) is 8.70. The lowest BCUT2D eigenvalue weighted by Gasteiger charge is -2.12. The van der Waals surface area contributed by atoms with E-state index in [2.05, 4.69) is 10.5 Å². The Hall–Kier alpha value is -1.81. The van der Waals surface area contributed by atoms with Crippen molar-refractivity contribution >= 4 is 0 Å². The van der Waals surface area contributed by atoms with Crippen LogP contribution in [0.5, 0.6) is 5.75 Å². The van der Waals surface area contributed by atoms with Gasteiger partial charge in [-0.1, -0.05) is 17.3 Å². The minimum absolute atomic E-state index is 0.130. The molecule has 1 aromatic carbocycles. The highest BCUT2D eigenvalue weighted by atomic mass is 16.5. The van der Waals surface area contributed by atoms with Crippen LogP contribution in [0.2, 0.25) is 0 Å². The summed E-state index contributed by atoms with van der Waals surface area (Å²) in [5.74, 6) is 1.55. The van der Waals surface area contributed by atoms with Gasteiger partial charge in [-0.25, -0.2) is 0 Å². The van der Waals surface area contributed by atoms with Crippen LogP contribution in [0.3, 0.4) is 0 Å². The van der Waals surface area contributed by atoms with E-state index in [1.807, 2.05) is 51.2 Å². The van der Waals surface area contributed by atoms with Crippen molar-refractivity contribution in [1.29, 1.82) is 0 Å². The van der Waals surface area contributed by atoms with Gasteiger partial charge in [-0.15, -0.1) is 0 Å². The normalized spacial score (nSPS) is 10.9. The van der Waals surface area contributed by atoms with Crippen molar-refractivity contribution in [1.82, 2.24) is 10.5 Å². The summed E-state index contributed by atoms with van der Waals surface area (Å²) in [6.45, 7) is 4.70. The fraction of sp³-hybridized carbons (Fsp3) is 0.357. The van der Waals surface area contributed by atoms with Gasteiger partial charge in [0.15, 0.2) is 5.76 Å². The Morgan fingerprint density at radius 2 is 2.11 bits per heavy atom. The van der Waals surface area contributed by atoms with Crippen molar-refractivity contribution < 1.29 is 9.26 Å². The Balaban J connectivity index is 2.30. The molecule has 0 atom stereocenters. The van der Waals surface area contributed by atoms with E-state index in [1.54, 1.807) is 0 Å². The first kappa shape index (κ1) is 12.6. The second-order valence-electron chi connectivity index (χ2n) is 4.38. The lowest BCUT2D eigenvalue weighted by molar-refractivity contribution is 0.243. The van der Waals surface area contributed by atoms with E-state index in [-0.39, 0.29) is 6.10 Å². The molecule has 0 aliphatic rings. The third-order valence-electron chi connectivity index (χ3n) is 2.43. The predicted octanol–water partition coefficient (Wildman–Crippen LogP) is 2.85. The summed E-state index contributed by atoms with van der Waals surface area (Å²) in [4.78, 5) is 0. The van der Waals surface area contributed by atoms with Crippen LogP contribution in [0.1, 0.15) is 19.5 Å². The number of aromatic nitrogens is 1. The standard InChI is InChI=1S/C14H18N2O2/c1-10(2)17-13-7-5-4-6-12(13)14-8-11(9-15-3)16-18-14/h4-8,10,15H,9H2,1-3H3. The quantitative estimate of drug-likeness (QED) is 0.881. The van der Waals surface area contributed by atoms with Gasteiger partial charge < -0.3 is 14.6 Å². The summed E-state index contributed by atoms with van der Waals surface area (Å²) >= 11 is 0. The Bertz CT molecular complexity index is 506. The molecule has 0 fully saturated rings. The number of para-hydroxylation sites is 1. The Morgan fingerprint density at radius 3 is 2.83 bits per heavy atom. The van der Waals surface area contributed by atoms with E-state index in [4.69, 9.17) is 9.26 Å². The van der Waals surface area contributed by atoms with Crippen molar-refractivity contribution in [3.8, 4) is 17.1 Å². The fourth-order valence-corrected chi connectivity index (χ4v) is 1.73. The molecule has 1 N–H and O–H groups in total. The third kappa shape index (κ3) is 2.90. The second-order valence-corrected chi connectivity index (χ2v) is 4.38. The van der Waals surface area contributed by atoms with Gasteiger partial charge in [0.1, 0.15) is 5.75 Å². The van der Waals surface area contributed by atoms with Crippen LogP contribution in [-0.2, 0) is 6.54 Å². The number of hydrogen-bond acceptors (Lipinski definition) is 4. The molecule has 0 amide bonds. The number of ether oxygens (including phenoxy) is 1. The third-order valence-corrected chi connectivity index (χ3v) is 2.43. The molecule has 0 spiro atoms. The molecule has 0 saturated carbocycles. The van der Waals surface area contributed by atoms with Crippen LogP contribution in [0.25, 0.3) is 11.3 Å². The maximum atomic E-state index is 5.77. The lowest BCUT2D eigenvalue weighted by atomic mass is 10.1. The van der Waals surface area contributed by atoms with Crippen molar-refractivity contribution in [2.45, 2.75) is 26.5 Å². The Morgan fingerprint density at radius 1 is 1.33 bits per heavy atom. The molecule has 1 heterocycles. The minimum atomic E-state index is 0.130. The van der Waals surface area contributed by atoms with Crippen LogP contribution in [0, 0.1) is 0 Å². The molecule has 0 aliphatic heterocycles. The van der Waals surface area contributed by atoms with Gasteiger partial charge in [0, 0.05) is 12.6 Å². The zero-order valence-corrected chi connectivity index (χ0v) is 10.9. The minimum Gasteiger partial charge on any atom is -0.490 e. The van der Waals surface area contributed by atoms with E-state index in [1.165, 1.54) is 0 Å². The van der Waals surface area contributed by atoms with Crippen molar-refractivity contribution in [3.05, 3.63) is 36.0 Å². The first-order valence-corrected chi connectivity index (χ1v) is 6.07. The lowest BCUT2D eigenvalue weighted by Crippen LogP contribution is -2.06.